The molecule has 1 heterocycles. The normalized spacial score (nSPS) is 18.0. The molecule has 3 aromatic rings. The molecule has 0 aliphatic carbocycles. The second kappa shape index (κ2) is 16.7. The van der Waals surface area contributed by atoms with Crippen LogP contribution in [0.4, 0.5) is 8.78 Å². The average molecular weight is 680 g/mol. The summed E-state index contributed by atoms with van der Waals surface area (Å²) in [4.78, 5) is 19.2. The molecule has 0 aromatic heterocycles. The van der Waals surface area contributed by atoms with Crippen LogP contribution in [0.1, 0.15) is 76.0 Å². The number of piperazine rings is 1. The quantitative estimate of drug-likeness (QED) is 0.171. The van der Waals surface area contributed by atoms with Crippen LogP contribution in [0.25, 0.3) is 0 Å². The number of halogens is 2. The number of hydrogen-bond donors (Lipinski definition) is 1. The highest BCUT2D eigenvalue weighted by Crippen LogP contribution is 2.38. The van der Waals surface area contributed by atoms with E-state index in [0.29, 0.717) is 30.0 Å². The molecule has 1 N–H and O–H groups in total. The lowest BCUT2D eigenvalue weighted by atomic mass is 9.92. The summed E-state index contributed by atoms with van der Waals surface area (Å²) in [6, 6.07) is 18.3. The van der Waals surface area contributed by atoms with Crippen LogP contribution < -0.4 is 4.43 Å². The van der Waals surface area contributed by atoms with E-state index in [4.69, 9.17) is 4.43 Å². The Kier molecular flexibility index (Phi) is 13.6. The molecular weight excluding hydrogens is 625 g/mol. The molecule has 0 bridgehead atoms. The Balaban J connectivity index is 0.000000348. The number of carbonyl (C=O) groups is 1. The fourth-order valence-electron chi connectivity index (χ4n) is 5.75. The number of nitrogens with zero attached hydrogens (tertiary/aromatic N) is 3. The zero-order valence-electron chi connectivity index (χ0n) is 30.3. The minimum absolute atomic E-state index is 0.00772. The topological polar surface area (TPSA) is 56.2 Å². The smallest absolute Gasteiger partial charge is 0.253 e. The van der Waals surface area contributed by atoms with Gasteiger partial charge in [0, 0.05) is 55.9 Å². The molecule has 48 heavy (non-hydrogen) atoms. The first-order valence-electron chi connectivity index (χ1n) is 17.0. The molecule has 1 aliphatic rings. The first-order chi connectivity index (χ1) is 22.5. The van der Waals surface area contributed by atoms with Gasteiger partial charge in [0.15, 0.2) is 5.82 Å². The third kappa shape index (κ3) is 9.54. The number of hydrogen-bond acceptors (Lipinski definition) is 5. The van der Waals surface area contributed by atoms with Crippen molar-refractivity contribution < 1.29 is 23.1 Å². The monoisotopic (exact) mass is 679 g/mol. The molecule has 262 valence electrons. The molecule has 0 spiro atoms. The van der Waals surface area contributed by atoms with Crippen molar-refractivity contribution in [3.63, 3.8) is 0 Å². The van der Waals surface area contributed by atoms with Crippen molar-refractivity contribution in [2.75, 3.05) is 32.7 Å². The zero-order valence-corrected chi connectivity index (χ0v) is 31.3. The van der Waals surface area contributed by atoms with Crippen molar-refractivity contribution in [1.29, 1.82) is 0 Å². The summed E-state index contributed by atoms with van der Waals surface area (Å²) < 4.78 is 34.3. The van der Waals surface area contributed by atoms with Gasteiger partial charge in [0.05, 0.1) is 6.04 Å². The second-order valence-electron chi connectivity index (χ2n) is 14.1. The maximum atomic E-state index is 15.1. The van der Waals surface area contributed by atoms with E-state index in [-0.39, 0.29) is 46.5 Å². The molecule has 3 aromatic carbocycles. The Morgan fingerprint density at radius 2 is 1.62 bits per heavy atom. The summed E-state index contributed by atoms with van der Waals surface area (Å²) in [5, 5.41) is 10.2. The molecule has 3 unspecified atom stereocenters. The number of amides is 1. The van der Waals surface area contributed by atoms with Crippen LogP contribution >= 0.6 is 0 Å². The van der Waals surface area contributed by atoms with E-state index in [1.54, 1.807) is 23.1 Å². The molecule has 6 nitrogen and oxygen atoms in total. The standard InChI is InChI=1S/C27H36FN3O2.C12H19FOSi/c1-6-15-30-17-20(5)31(18-19(30)4)26(24-16-23(32)13-14-25(24)28)21-9-11-22(12-10-21)27(33)29(7-2)8-3;1-12(2,3)15(4,5)14-11-9-7-6-8-10(11)13/h6,9-14,16,19-20,26,32H,1,7-8,15,17-18H2,2-5H3;6-9H,1-5H3. The van der Waals surface area contributed by atoms with E-state index < -0.39 is 8.32 Å². The lowest BCUT2D eigenvalue weighted by molar-refractivity contribution is 0.0298. The molecular formula is C39H55F2N3O3Si. The summed E-state index contributed by atoms with van der Waals surface area (Å²) >= 11 is 0. The Morgan fingerprint density at radius 1 is 1.00 bits per heavy atom. The second-order valence-corrected chi connectivity index (χ2v) is 18.9. The van der Waals surface area contributed by atoms with Crippen LogP contribution in [0.2, 0.25) is 18.1 Å². The van der Waals surface area contributed by atoms with Crippen molar-refractivity contribution in [2.45, 2.75) is 84.7 Å². The average Bonchev–Trinajstić information content (AvgIpc) is 3.03. The van der Waals surface area contributed by atoms with Gasteiger partial charge in [-0.25, -0.2) is 8.78 Å². The van der Waals surface area contributed by atoms with Crippen LogP contribution in [-0.2, 0) is 0 Å². The highest BCUT2D eigenvalue weighted by molar-refractivity contribution is 6.74. The van der Waals surface area contributed by atoms with Gasteiger partial charge in [-0.05, 0) is 93.9 Å². The highest BCUT2D eigenvalue weighted by atomic mass is 28.4. The van der Waals surface area contributed by atoms with Gasteiger partial charge in [0.25, 0.3) is 14.2 Å². The van der Waals surface area contributed by atoms with Crippen LogP contribution in [0.3, 0.4) is 0 Å². The molecule has 1 amide bonds. The maximum Gasteiger partial charge on any atom is 0.253 e. The fourth-order valence-corrected chi connectivity index (χ4v) is 6.77. The minimum Gasteiger partial charge on any atom is -0.542 e. The van der Waals surface area contributed by atoms with Crippen molar-refractivity contribution in [3.8, 4) is 11.5 Å². The van der Waals surface area contributed by atoms with E-state index in [2.05, 4.69) is 64.1 Å². The summed E-state index contributed by atoms with van der Waals surface area (Å²) in [7, 11) is -1.92. The SMILES string of the molecule is C=CCN1CC(C)N(C(c2ccc(C(=O)N(CC)CC)cc2)c2cc(O)ccc2F)CC1C.CC(C)(C)[Si](C)(C)Oc1ccccc1F. The van der Waals surface area contributed by atoms with E-state index in [0.717, 1.165) is 25.2 Å². The molecule has 1 saturated heterocycles. The molecule has 3 atom stereocenters. The molecule has 0 saturated carbocycles. The fraction of sp³-hybridized carbons (Fsp3) is 0.462. The van der Waals surface area contributed by atoms with Crippen molar-refractivity contribution >= 4 is 14.2 Å². The number of phenols is 1. The highest BCUT2D eigenvalue weighted by Gasteiger charge is 2.39. The number of phenolic OH excluding ortho intramolecular Hbond substituents is 1. The van der Waals surface area contributed by atoms with Crippen LogP contribution in [0, 0.1) is 11.6 Å². The van der Waals surface area contributed by atoms with Gasteiger partial charge in [-0.15, -0.1) is 6.58 Å². The molecule has 4 rings (SSSR count). The van der Waals surface area contributed by atoms with Crippen LogP contribution in [-0.4, -0.2) is 78.8 Å². The largest absolute Gasteiger partial charge is 0.542 e. The molecule has 0 radical (unpaired) electrons. The van der Waals surface area contributed by atoms with Gasteiger partial charge in [-0.2, -0.15) is 0 Å². The van der Waals surface area contributed by atoms with Gasteiger partial charge in [0.2, 0.25) is 0 Å². The van der Waals surface area contributed by atoms with Gasteiger partial charge in [-0.1, -0.05) is 51.1 Å². The van der Waals surface area contributed by atoms with Crippen molar-refractivity contribution in [2.24, 2.45) is 0 Å². The van der Waals surface area contributed by atoms with Gasteiger partial charge in [-0.3, -0.25) is 14.6 Å². The Bertz CT molecular complexity index is 1510. The van der Waals surface area contributed by atoms with Crippen molar-refractivity contribution in [3.05, 3.63) is 108 Å². The molecule has 9 heteroatoms. The third-order valence-electron chi connectivity index (χ3n) is 9.66. The van der Waals surface area contributed by atoms with E-state index in [1.165, 1.54) is 24.3 Å². The predicted molar refractivity (Wildman–Crippen MR) is 195 cm³/mol. The number of rotatable bonds is 10. The first-order valence-corrected chi connectivity index (χ1v) is 19.9. The first kappa shape index (κ1) is 38.9. The number of benzene rings is 3. The van der Waals surface area contributed by atoms with E-state index in [1.807, 2.05) is 44.2 Å². The summed E-state index contributed by atoms with van der Waals surface area (Å²) in [5.74, 6) is -0.219. The Hall–Kier alpha value is -3.53. The van der Waals surface area contributed by atoms with Gasteiger partial charge >= 0.3 is 0 Å². The lowest BCUT2D eigenvalue weighted by Gasteiger charge is -2.47. The van der Waals surface area contributed by atoms with Crippen molar-refractivity contribution in [1.82, 2.24) is 14.7 Å². The summed E-state index contributed by atoms with van der Waals surface area (Å²) in [6.45, 7) is 26.4. The number of carbonyl (C=O) groups excluding carboxylic acids is 1. The van der Waals surface area contributed by atoms with Crippen LogP contribution in [0.5, 0.6) is 11.5 Å². The Labute approximate surface area is 288 Å². The Morgan fingerprint density at radius 3 is 2.19 bits per heavy atom. The summed E-state index contributed by atoms with van der Waals surface area (Å²) in [5.41, 5.74) is 1.95. The zero-order chi connectivity index (χ0) is 35.8. The molecule has 1 fully saturated rings. The van der Waals surface area contributed by atoms with E-state index in [9.17, 15) is 14.3 Å². The van der Waals surface area contributed by atoms with Crippen LogP contribution in [0.15, 0.2) is 79.4 Å². The molecule has 1 aliphatic heterocycles. The third-order valence-corrected chi connectivity index (χ3v) is 14.0. The lowest BCUT2D eigenvalue weighted by Crippen LogP contribution is -2.57. The number of para-hydroxylation sites is 1. The minimum atomic E-state index is -1.92. The summed E-state index contributed by atoms with van der Waals surface area (Å²) in [6.07, 6.45) is 1.91. The van der Waals surface area contributed by atoms with Gasteiger partial charge in [0.1, 0.15) is 17.3 Å². The van der Waals surface area contributed by atoms with Gasteiger partial charge < -0.3 is 14.4 Å². The van der Waals surface area contributed by atoms with E-state index >= 15 is 4.39 Å². The predicted octanol–water partition coefficient (Wildman–Crippen LogP) is 8.89. The number of aromatic hydroxyl groups is 1. The maximum absolute atomic E-state index is 15.1.